The first-order valence-corrected chi connectivity index (χ1v) is 9.20. The fraction of sp³-hybridized carbons (Fsp3) is 0.0833. The molecule has 4 rings (SSSR count). The lowest BCUT2D eigenvalue weighted by Gasteiger charge is -2.20. The third kappa shape index (κ3) is 3.71. The second kappa shape index (κ2) is 7.53. The number of hydrogen-bond acceptors (Lipinski definition) is 3. The van der Waals surface area contributed by atoms with Gasteiger partial charge in [-0.25, -0.2) is 4.99 Å². The predicted octanol–water partition coefficient (Wildman–Crippen LogP) is 4.96. The molecule has 0 aromatic heterocycles. The van der Waals surface area contributed by atoms with Gasteiger partial charge in [0.05, 0.1) is 5.69 Å². The highest BCUT2D eigenvalue weighted by atomic mass is 16.2. The molecule has 4 heteroatoms. The van der Waals surface area contributed by atoms with Crippen molar-refractivity contribution in [1.82, 2.24) is 5.01 Å². The number of aryl methyl sites for hydroxylation is 2. The number of rotatable bonds is 4. The molecule has 0 saturated carbocycles. The highest BCUT2D eigenvalue weighted by Gasteiger charge is 2.31. The summed E-state index contributed by atoms with van der Waals surface area (Å²) in [6.45, 7) is 4.07. The summed E-state index contributed by atoms with van der Waals surface area (Å²) in [4.78, 5) is 17.8. The number of amidine groups is 1. The van der Waals surface area contributed by atoms with E-state index < -0.39 is 0 Å². The van der Waals surface area contributed by atoms with Crippen molar-refractivity contribution in [3.8, 4) is 0 Å². The van der Waals surface area contributed by atoms with Crippen molar-refractivity contribution in [3.63, 3.8) is 0 Å². The van der Waals surface area contributed by atoms with Crippen LogP contribution in [-0.2, 0) is 4.79 Å². The summed E-state index contributed by atoms with van der Waals surface area (Å²) < 4.78 is 0. The summed E-state index contributed by atoms with van der Waals surface area (Å²) >= 11 is 0. The molecule has 0 unspecified atom stereocenters. The molecule has 138 valence electrons. The zero-order chi connectivity index (χ0) is 19.5. The minimum Gasteiger partial charge on any atom is -0.290 e. The molecule has 0 atom stereocenters. The average molecular weight is 367 g/mol. The van der Waals surface area contributed by atoms with Crippen LogP contribution in [0.2, 0.25) is 0 Å². The SMILES string of the molecule is Cc1ccc(/C=C2\N=C(c3ccc(C)cc3)N(Nc3ccccc3)C2=O)cc1. The van der Waals surface area contributed by atoms with Crippen LogP contribution in [0.25, 0.3) is 6.08 Å². The van der Waals surface area contributed by atoms with Crippen LogP contribution in [0.3, 0.4) is 0 Å². The number of hydrogen-bond donors (Lipinski definition) is 1. The smallest absolute Gasteiger partial charge is 0.290 e. The van der Waals surface area contributed by atoms with Gasteiger partial charge >= 0.3 is 0 Å². The molecule has 1 aliphatic heterocycles. The van der Waals surface area contributed by atoms with Crippen molar-refractivity contribution < 1.29 is 4.79 Å². The summed E-state index contributed by atoms with van der Waals surface area (Å²) in [7, 11) is 0. The van der Waals surface area contributed by atoms with Crippen LogP contribution in [0.5, 0.6) is 0 Å². The van der Waals surface area contributed by atoms with Crippen molar-refractivity contribution >= 4 is 23.5 Å². The van der Waals surface area contributed by atoms with Gasteiger partial charge in [0.2, 0.25) is 0 Å². The van der Waals surface area contributed by atoms with Crippen LogP contribution in [-0.4, -0.2) is 16.8 Å². The average Bonchev–Trinajstić information content (AvgIpc) is 3.01. The molecule has 1 aliphatic rings. The number of para-hydroxylation sites is 1. The summed E-state index contributed by atoms with van der Waals surface area (Å²) in [6.07, 6.45) is 1.82. The Morgan fingerprint density at radius 2 is 1.43 bits per heavy atom. The molecule has 1 heterocycles. The van der Waals surface area contributed by atoms with E-state index in [0.717, 1.165) is 22.4 Å². The molecule has 1 amide bonds. The number of benzene rings is 3. The van der Waals surface area contributed by atoms with Crippen LogP contribution in [0.1, 0.15) is 22.3 Å². The maximum Gasteiger partial charge on any atom is 0.297 e. The van der Waals surface area contributed by atoms with E-state index >= 15 is 0 Å². The molecule has 0 aliphatic carbocycles. The zero-order valence-electron chi connectivity index (χ0n) is 15.9. The van der Waals surface area contributed by atoms with Gasteiger partial charge in [-0.05, 0) is 37.6 Å². The van der Waals surface area contributed by atoms with Crippen molar-refractivity contribution in [2.45, 2.75) is 13.8 Å². The Kier molecular flexibility index (Phi) is 4.77. The lowest BCUT2D eigenvalue weighted by atomic mass is 10.1. The topological polar surface area (TPSA) is 44.7 Å². The second-order valence-corrected chi connectivity index (χ2v) is 6.86. The highest BCUT2D eigenvalue weighted by molar-refractivity contribution is 6.20. The van der Waals surface area contributed by atoms with Crippen LogP contribution >= 0.6 is 0 Å². The third-order valence-corrected chi connectivity index (χ3v) is 4.57. The van der Waals surface area contributed by atoms with Gasteiger partial charge in [0.1, 0.15) is 5.70 Å². The molecular weight excluding hydrogens is 346 g/mol. The van der Waals surface area contributed by atoms with E-state index in [-0.39, 0.29) is 5.91 Å². The van der Waals surface area contributed by atoms with Gasteiger partial charge in [-0.15, -0.1) is 0 Å². The van der Waals surface area contributed by atoms with Crippen molar-refractivity contribution in [2.75, 3.05) is 5.43 Å². The van der Waals surface area contributed by atoms with E-state index in [1.165, 1.54) is 10.6 Å². The van der Waals surface area contributed by atoms with Crippen LogP contribution in [0, 0.1) is 13.8 Å². The number of aliphatic imine (C=N–C) groups is 1. The number of carbonyl (C=O) groups is 1. The lowest BCUT2D eigenvalue weighted by molar-refractivity contribution is -0.121. The highest BCUT2D eigenvalue weighted by Crippen LogP contribution is 2.23. The van der Waals surface area contributed by atoms with Gasteiger partial charge in [0.25, 0.3) is 5.91 Å². The Morgan fingerprint density at radius 1 is 0.821 bits per heavy atom. The van der Waals surface area contributed by atoms with Crippen molar-refractivity contribution in [2.24, 2.45) is 4.99 Å². The van der Waals surface area contributed by atoms with Gasteiger partial charge < -0.3 is 0 Å². The molecule has 0 saturated heterocycles. The monoisotopic (exact) mass is 367 g/mol. The van der Waals surface area contributed by atoms with E-state index in [1.807, 2.05) is 98.8 Å². The molecule has 0 radical (unpaired) electrons. The number of nitrogens with zero attached hydrogens (tertiary/aromatic N) is 2. The Balaban J connectivity index is 1.73. The molecule has 28 heavy (non-hydrogen) atoms. The first-order valence-electron chi connectivity index (χ1n) is 9.20. The molecule has 1 N–H and O–H groups in total. The number of anilines is 1. The standard InChI is InChI=1S/C24H21N3O/c1-17-8-12-19(13-9-17)16-22-24(28)27(26-21-6-4-3-5-7-21)23(25-22)20-14-10-18(2)11-15-20/h3-16,26H,1-2H3/b22-16-. The maximum absolute atomic E-state index is 13.1. The number of hydrazine groups is 1. The predicted molar refractivity (Wildman–Crippen MR) is 114 cm³/mol. The second-order valence-electron chi connectivity index (χ2n) is 6.86. The van der Waals surface area contributed by atoms with E-state index in [1.54, 1.807) is 0 Å². The van der Waals surface area contributed by atoms with Crippen LogP contribution in [0.15, 0.2) is 89.6 Å². The number of carbonyl (C=O) groups excluding carboxylic acids is 1. The quantitative estimate of drug-likeness (QED) is 0.663. The van der Waals surface area contributed by atoms with Gasteiger partial charge in [0, 0.05) is 5.56 Å². The van der Waals surface area contributed by atoms with Crippen LogP contribution in [0.4, 0.5) is 5.69 Å². The number of nitrogens with one attached hydrogen (secondary N) is 1. The molecular formula is C24H21N3O. The minimum atomic E-state index is -0.181. The summed E-state index contributed by atoms with van der Waals surface area (Å²) in [5, 5.41) is 1.51. The summed E-state index contributed by atoms with van der Waals surface area (Å²) in [6, 6.07) is 25.7. The minimum absolute atomic E-state index is 0.181. The lowest BCUT2D eigenvalue weighted by Crippen LogP contribution is -2.37. The molecule has 0 fully saturated rings. The van der Waals surface area contributed by atoms with Crippen molar-refractivity contribution in [3.05, 3.63) is 107 Å². The van der Waals surface area contributed by atoms with Gasteiger partial charge in [0.15, 0.2) is 5.84 Å². The Hall–Kier alpha value is -3.66. The first-order chi connectivity index (χ1) is 13.6. The van der Waals surface area contributed by atoms with E-state index in [9.17, 15) is 4.79 Å². The molecule has 0 bridgehead atoms. The normalized spacial score (nSPS) is 15.1. The van der Waals surface area contributed by atoms with Crippen molar-refractivity contribution in [1.29, 1.82) is 0 Å². The van der Waals surface area contributed by atoms with Crippen LogP contribution < -0.4 is 5.43 Å². The summed E-state index contributed by atoms with van der Waals surface area (Å²) in [5.74, 6) is 0.409. The summed E-state index contributed by atoms with van der Waals surface area (Å²) in [5.41, 5.74) is 8.59. The zero-order valence-corrected chi connectivity index (χ0v) is 15.9. The fourth-order valence-corrected chi connectivity index (χ4v) is 2.98. The first kappa shape index (κ1) is 17.7. The Bertz CT molecular complexity index is 1050. The van der Waals surface area contributed by atoms with Gasteiger partial charge in [-0.2, -0.15) is 5.01 Å². The molecule has 0 spiro atoms. The van der Waals surface area contributed by atoms with E-state index in [2.05, 4.69) is 10.4 Å². The number of amides is 1. The third-order valence-electron chi connectivity index (χ3n) is 4.57. The van der Waals surface area contributed by atoms with Gasteiger partial charge in [-0.1, -0.05) is 77.9 Å². The largest absolute Gasteiger partial charge is 0.297 e. The molecule has 3 aromatic rings. The maximum atomic E-state index is 13.1. The Morgan fingerprint density at radius 3 is 2.07 bits per heavy atom. The van der Waals surface area contributed by atoms with E-state index in [0.29, 0.717) is 11.5 Å². The Labute approximate surface area is 164 Å². The molecule has 4 nitrogen and oxygen atoms in total. The fourth-order valence-electron chi connectivity index (χ4n) is 2.98. The van der Waals surface area contributed by atoms with Gasteiger partial charge in [-0.3, -0.25) is 10.2 Å². The van der Waals surface area contributed by atoms with E-state index in [4.69, 9.17) is 0 Å². The molecule has 3 aromatic carbocycles.